The van der Waals surface area contributed by atoms with Crippen LogP contribution in [-0.2, 0) is 19.9 Å². The fraction of sp³-hybridized carbons (Fsp3) is 1.00. The first-order chi connectivity index (χ1) is 8.85. The molecule has 0 saturated carbocycles. The van der Waals surface area contributed by atoms with Gasteiger partial charge in [0, 0.05) is 45.0 Å². The standard InChI is InChI=1S/C10H23N3O4S2/c1-2-18(14,15)9-5-12-19(16,17)10-8-13-6-3-11-4-7-13/h11-12H,2-10H2,1H3. The summed E-state index contributed by atoms with van der Waals surface area (Å²) in [5.41, 5.74) is 0. The number of rotatable bonds is 8. The van der Waals surface area contributed by atoms with Crippen molar-refractivity contribution in [2.24, 2.45) is 0 Å². The molecule has 7 nitrogen and oxygen atoms in total. The molecule has 114 valence electrons. The van der Waals surface area contributed by atoms with Crippen LogP contribution >= 0.6 is 0 Å². The molecule has 0 aromatic carbocycles. The van der Waals surface area contributed by atoms with Gasteiger partial charge < -0.3 is 5.32 Å². The van der Waals surface area contributed by atoms with E-state index < -0.39 is 19.9 Å². The van der Waals surface area contributed by atoms with Gasteiger partial charge >= 0.3 is 0 Å². The van der Waals surface area contributed by atoms with Crippen molar-refractivity contribution in [2.45, 2.75) is 6.92 Å². The first-order valence-electron chi connectivity index (χ1n) is 6.45. The van der Waals surface area contributed by atoms with Crippen LogP contribution in [0.5, 0.6) is 0 Å². The summed E-state index contributed by atoms with van der Waals surface area (Å²) in [5, 5.41) is 3.20. The molecule has 1 aliphatic rings. The predicted molar refractivity (Wildman–Crippen MR) is 75.4 cm³/mol. The van der Waals surface area contributed by atoms with Gasteiger partial charge in [0.2, 0.25) is 10.0 Å². The third-order valence-electron chi connectivity index (χ3n) is 3.06. The highest BCUT2D eigenvalue weighted by Crippen LogP contribution is 1.95. The summed E-state index contributed by atoms with van der Waals surface area (Å²) in [6.07, 6.45) is 0. The van der Waals surface area contributed by atoms with E-state index in [1.54, 1.807) is 6.92 Å². The van der Waals surface area contributed by atoms with Gasteiger partial charge in [-0.15, -0.1) is 0 Å². The van der Waals surface area contributed by atoms with Gasteiger partial charge in [0.15, 0.2) is 9.84 Å². The van der Waals surface area contributed by atoms with E-state index in [0.717, 1.165) is 26.2 Å². The van der Waals surface area contributed by atoms with Crippen LogP contribution in [0, 0.1) is 0 Å². The maximum Gasteiger partial charge on any atom is 0.212 e. The van der Waals surface area contributed by atoms with Crippen LogP contribution in [0.3, 0.4) is 0 Å². The van der Waals surface area contributed by atoms with E-state index >= 15 is 0 Å². The Kier molecular flexibility index (Phi) is 6.67. The van der Waals surface area contributed by atoms with Crippen LogP contribution in [-0.4, -0.2) is 78.3 Å². The first-order valence-corrected chi connectivity index (χ1v) is 9.93. The largest absolute Gasteiger partial charge is 0.314 e. The third-order valence-corrected chi connectivity index (χ3v) is 6.13. The van der Waals surface area contributed by atoms with Gasteiger partial charge in [0.1, 0.15) is 0 Å². The van der Waals surface area contributed by atoms with E-state index in [4.69, 9.17) is 0 Å². The van der Waals surface area contributed by atoms with Crippen molar-refractivity contribution >= 4 is 19.9 Å². The third kappa shape index (κ3) is 7.21. The summed E-state index contributed by atoms with van der Waals surface area (Å²) in [6.45, 7) is 5.44. The van der Waals surface area contributed by atoms with E-state index in [1.165, 1.54) is 0 Å². The molecule has 0 aromatic heterocycles. The van der Waals surface area contributed by atoms with Crippen molar-refractivity contribution in [3.8, 4) is 0 Å². The maximum absolute atomic E-state index is 11.7. The lowest BCUT2D eigenvalue weighted by molar-refractivity contribution is 0.253. The normalized spacial score (nSPS) is 18.6. The zero-order valence-electron chi connectivity index (χ0n) is 11.3. The Hall–Kier alpha value is -0.220. The molecule has 0 bridgehead atoms. The Morgan fingerprint density at radius 3 is 2.32 bits per heavy atom. The van der Waals surface area contributed by atoms with Gasteiger partial charge in [-0.05, 0) is 0 Å². The molecule has 1 fully saturated rings. The number of sulfone groups is 1. The van der Waals surface area contributed by atoms with Crippen LogP contribution in [0.1, 0.15) is 6.92 Å². The van der Waals surface area contributed by atoms with Gasteiger partial charge in [-0.2, -0.15) is 0 Å². The summed E-state index contributed by atoms with van der Waals surface area (Å²) in [4.78, 5) is 2.08. The van der Waals surface area contributed by atoms with Crippen molar-refractivity contribution in [2.75, 3.05) is 56.5 Å². The van der Waals surface area contributed by atoms with Gasteiger partial charge in [0.05, 0.1) is 11.5 Å². The molecule has 0 spiro atoms. The van der Waals surface area contributed by atoms with Crippen molar-refractivity contribution in [1.82, 2.24) is 14.9 Å². The topological polar surface area (TPSA) is 95.6 Å². The van der Waals surface area contributed by atoms with E-state index in [0.29, 0.717) is 6.54 Å². The quantitative estimate of drug-likeness (QED) is 0.551. The van der Waals surface area contributed by atoms with E-state index in [1.807, 2.05) is 0 Å². The monoisotopic (exact) mass is 313 g/mol. The molecule has 19 heavy (non-hydrogen) atoms. The number of piperazine rings is 1. The second kappa shape index (κ2) is 7.53. The van der Waals surface area contributed by atoms with Crippen LogP contribution in [0.4, 0.5) is 0 Å². The number of nitrogens with one attached hydrogen (secondary N) is 2. The highest BCUT2D eigenvalue weighted by molar-refractivity contribution is 7.91. The summed E-state index contributed by atoms with van der Waals surface area (Å²) < 4.78 is 48.2. The number of hydrogen-bond acceptors (Lipinski definition) is 6. The Balaban J connectivity index is 2.27. The lowest BCUT2D eigenvalue weighted by atomic mass is 10.4. The van der Waals surface area contributed by atoms with Crippen molar-refractivity contribution in [1.29, 1.82) is 0 Å². The van der Waals surface area contributed by atoms with Gasteiger partial charge in [-0.3, -0.25) is 4.90 Å². The van der Waals surface area contributed by atoms with Gasteiger partial charge in [-0.25, -0.2) is 21.6 Å². The van der Waals surface area contributed by atoms with Crippen LogP contribution < -0.4 is 10.0 Å². The molecule has 1 rings (SSSR count). The Labute approximate surface area is 115 Å². The predicted octanol–water partition coefficient (Wildman–Crippen LogP) is -1.75. The molecule has 0 amide bonds. The molecule has 0 unspecified atom stereocenters. The number of hydrogen-bond donors (Lipinski definition) is 2. The minimum Gasteiger partial charge on any atom is -0.314 e. The molecule has 9 heteroatoms. The molecule has 1 aliphatic heterocycles. The van der Waals surface area contributed by atoms with Gasteiger partial charge in [0.25, 0.3) is 0 Å². The summed E-state index contributed by atoms with van der Waals surface area (Å²) in [5.74, 6) is -0.0922. The lowest BCUT2D eigenvalue weighted by Crippen LogP contribution is -2.46. The van der Waals surface area contributed by atoms with Crippen molar-refractivity contribution in [3.05, 3.63) is 0 Å². The van der Waals surface area contributed by atoms with Crippen molar-refractivity contribution < 1.29 is 16.8 Å². The van der Waals surface area contributed by atoms with Crippen LogP contribution in [0.2, 0.25) is 0 Å². The average molecular weight is 313 g/mol. The fourth-order valence-corrected chi connectivity index (χ4v) is 3.64. The summed E-state index contributed by atoms with van der Waals surface area (Å²) in [7, 11) is -6.51. The van der Waals surface area contributed by atoms with Gasteiger partial charge in [-0.1, -0.05) is 6.92 Å². The van der Waals surface area contributed by atoms with Crippen LogP contribution in [0.25, 0.3) is 0 Å². The Bertz CT molecular complexity index is 455. The molecule has 0 radical (unpaired) electrons. The molecular formula is C10H23N3O4S2. The smallest absolute Gasteiger partial charge is 0.212 e. The zero-order valence-corrected chi connectivity index (χ0v) is 12.9. The summed E-state index contributed by atoms with van der Waals surface area (Å²) >= 11 is 0. The van der Waals surface area contributed by atoms with Crippen molar-refractivity contribution in [3.63, 3.8) is 0 Å². The maximum atomic E-state index is 11.7. The zero-order chi connectivity index (χ0) is 14.4. The lowest BCUT2D eigenvalue weighted by Gasteiger charge is -2.26. The molecule has 0 aromatic rings. The fourth-order valence-electron chi connectivity index (χ4n) is 1.75. The molecule has 0 atom stereocenters. The molecule has 0 aliphatic carbocycles. The minimum atomic E-state index is -3.39. The first kappa shape index (κ1) is 16.8. The molecular weight excluding hydrogens is 290 g/mol. The molecule has 2 N–H and O–H groups in total. The summed E-state index contributed by atoms with van der Waals surface area (Å²) in [6, 6.07) is 0. The number of nitrogens with zero attached hydrogens (tertiary/aromatic N) is 1. The second-order valence-corrected chi connectivity index (χ2v) is 8.94. The highest BCUT2D eigenvalue weighted by Gasteiger charge is 2.16. The molecule has 1 saturated heterocycles. The SMILES string of the molecule is CCS(=O)(=O)CCNS(=O)(=O)CCN1CCNCC1. The average Bonchev–Trinajstić information content (AvgIpc) is 2.37. The Morgan fingerprint density at radius 1 is 1.11 bits per heavy atom. The van der Waals surface area contributed by atoms with E-state index in [2.05, 4.69) is 14.9 Å². The highest BCUT2D eigenvalue weighted by atomic mass is 32.2. The van der Waals surface area contributed by atoms with E-state index in [-0.39, 0.29) is 23.8 Å². The Morgan fingerprint density at radius 2 is 1.74 bits per heavy atom. The van der Waals surface area contributed by atoms with E-state index in [9.17, 15) is 16.8 Å². The number of sulfonamides is 1. The van der Waals surface area contributed by atoms with Crippen LogP contribution in [0.15, 0.2) is 0 Å². The second-order valence-electron chi connectivity index (χ2n) is 4.54. The molecule has 1 heterocycles. The minimum absolute atomic E-state index is 0.0131.